The molecule has 2 heterocycles. The van der Waals surface area contributed by atoms with Crippen molar-refractivity contribution in [2.45, 2.75) is 82.5 Å². The highest BCUT2D eigenvalue weighted by molar-refractivity contribution is 6.76. The number of aryl methyl sites for hydroxylation is 1. The highest BCUT2D eigenvalue weighted by Crippen LogP contribution is 2.38. The molecule has 0 spiro atoms. The van der Waals surface area contributed by atoms with E-state index >= 15 is 0 Å². The van der Waals surface area contributed by atoms with E-state index in [4.69, 9.17) is 23.7 Å². The molecule has 0 radical (unpaired) electrons. The number of carbonyl (C=O) groups excluding carboxylic acids is 1. The molecule has 2 amide bonds. The number of fused-ring (bicyclic) bond motifs is 1. The van der Waals surface area contributed by atoms with E-state index in [2.05, 4.69) is 43.2 Å². The van der Waals surface area contributed by atoms with Crippen molar-refractivity contribution in [3.8, 4) is 11.5 Å². The maximum absolute atomic E-state index is 12.7. The number of amides is 2. The van der Waals surface area contributed by atoms with Crippen molar-refractivity contribution < 1.29 is 38.4 Å². The van der Waals surface area contributed by atoms with Gasteiger partial charge in [-0.2, -0.15) is 0 Å². The zero-order chi connectivity index (χ0) is 36.2. The molecular formula is C40H54N2O8Si. The number of carbonyl (C=O) groups is 2. The molecule has 0 aliphatic carbocycles. The van der Waals surface area contributed by atoms with Crippen molar-refractivity contribution in [2.24, 2.45) is 0 Å². The maximum Gasteiger partial charge on any atom is 0.407 e. The van der Waals surface area contributed by atoms with Gasteiger partial charge in [0.2, 0.25) is 5.91 Å². The summed E-state index contributed by atoms with van der Waals surface area (Å²) in [6.07, 6.45) is 1.55. The minimum Gasteiger partial charge on any atom is -0.496 e. The molecule has 3 unspecified atom stereocenters. The van der Waals surface area contributed by atoms with Crippen molar-refractivity contribution in [3.63, 3.8) is 0 Å². The van der Waals surface area contributed by atoms with E-state index in [1.54, 1.807) is 7.11 Å². The van der Waals surface area contributed by atoms with Gasteiger partial charge in [-0.25, -0.2) is 4.79 Å². The number of piperidine rings is 1. The van der Waals surface area contributed by atoms with Crippen LogP contribution in [0.4, 0.5) is 10.5 Å². The van der Waals surface area contributed by atoms with Crippen LogP contribution in [0.25, 0.3) is 0 Å². The van der Waals surface area contributed by atoms with E-state index in [0.717, 1.165) is 64.7 Å². The summed E-state index contributed by atoms with van der Waals surface area (Å²) in [5.74, 6) is 1.54. The van der Waals surface area contributed by atoms with Crippen molar-refractivity contribution >= 4 is 25.8 Å². The second-order valence-corrected chi connectivity index (χ2v) is 20.2. The van der Waals surface area contributed by atoms with Gasteiger partial charge in [0, 0.05) is 56.8 Å². The van der Waals surface area contributed by atoms with Crippen LogP contribution in [0.5, 0.6) is 11.5 Å². The summed E-state index contributed by atoms with van der Waals surface area (Å²) in [7, 11) is 0.341. The highest BCUT2D eigenvalue weighted by Gasteiger charge is 2.36. The lowest BCUT2D eigenvalue weighted by Crippen LogP contribution is -2.47. The number of benzene rings is 3. The smallest absolute Gasteiger partial charge is 0.407 e. The fourth-order valence-electron chi connectivity index (χ4n) is 6.65. The van der Waals surface area contributed by atoms with Crippen molar-refractivity contribution in [1.82, 2.24) is 4.90 Å². The number of carboxylic acid groups (broad SMARTS) is 1. The van der Waals surface area contributed by atoms with E-state index in [9.17, 15) is 14.7 Å². The predicted octanol–water partition coefficient (Wildman–Crippen LogP) is 7.90. The molecule has 1 saturated heterocycles. The largest absolute Gasteiger partial charge is 0.496 e. The van der Waals surface area contributed by atoms with Gasteiger partial charge in [-0.05, 0) is 54.6 Å². The minimum absolute atomic E-state index is 0.00474. The summed E-state index contributed by atoms with van der Waals surface area (Å²) in [5, 5.41) is 13.1. The second kappa shape index (κ2) is 18.5. The van der Waals surface area contributed by atoms with Crippen LogP contribution in [0.15, 0.2) is 66.7 Å². The molecule has 2 aliphatic rings. The molecule has 2 aliphatic heterocycles. The lowest BCUT2D eigenvalue weighted by Gasteiger charge is -2.39. The first-order valence-electron chi connectivity index (χ1n) is 18.2. The number of rotatable bonds is 17. The third-order valence-corrected chi connectivity index (χ3v) is 11.2. The number of hydrogen-bond donors (Lipinski definition) is 2. The topological polar surface area (TPSA) is 116 Å². The summed E-state index contributed by atoms with van der Waals surface area (Å²) in [6.45, 7) is 10.1. The van der Waals surface area contributed by atoms with Gasteiger partial charge in [0.1, 0.15) is 17.6 Å². The zero-order valence-electron chi connectivity index (χ0n) is 30.5. The summed E-state index contributed by atoms with van der Waals surface area (Å²) in [5.41, 5.74) is 4.83. The normalized spacial score (nSPS) is 18.4. The summed E-state index contributed by atoms with van der Waals surface area (Å²) >= 11 is 0. The number of methoxy groups -OCH3 is 1. The van der Waals surface area contributed by atoms with Crippen molar-refractivity contribution in [3.05, 3.63) is 89.0 Å². The first-order chi connectivity index (χ1) is 24.6. The van der Waals surface area contributed by atoms with E-state index in [1.165, 1.54) is 4.90 Å². The Morgan fingerprint density at radius 3 is 2.55 bits per heavy atom. The lowest BCUT2D eigenvalue weighted by atomic mass is 9.86. The quantitative estimate of drug-likeness (QED) is 0.107. The average molecular weight is 719 g/mol. The molecule has 276 valence electrons. The van der Waals surface area contributed by atoms with E-state index in [0.29, 0.717) is 52.4 Å². The Balaban J connectivity index is 1.26. The first-order valence-corrected chi connectivity index (χ1v) is 21.9. The molecule has 10 nitrogen and oxygen atoms in total. The molecule has 0 saturated carbocycles. The Bertz CT molecular complexity index is 1580. The zero-order valence-corrected chi connectivity index (χ0v) is 31.5. The van der Waals surface area contributed by atoms with E-state index < -0.39 is 26.4 Å². The lowest BCUT2D eigenvalue weighted by molar-refractivity contribution is -0.116. The fraction of sp³-hybridized carbons (Fsp3) is 0.500. The number of nitrogens with one attached hydrogen (secondary N) is 1. The molecule has 5 rings (SSSR count). The average Bonchev–Trinajstić information content (AvgIpc) is 3.31. The van der Waals surface area contributed by atoms with Gasteiger partial charge in [0.25, 0.3) is 0 Å². The maximum atomic E-state index is 12.7. The van der Waals surface area contributed by atoms with Gasteiger partial charge in [-0.3, -0.25) is 4.79 Å². The molecule has 3 aromatic carbocycles. The van der Waals surface area contributed by atoms with Crippen molar-refractivity contribution in [1.29, 1.82) is 0 Å². The minimum atomic E-state index is -1.32. The van der Waals surface area contributed by atoms with Crippen LogP contribution >= 0.6 is 0 Å². The Morgan fingerprint density at radius 2 is 1.78 bits per heavy atom. The number of para-hydroxylation sites is 2. The molecule has 1 fully saturated rings. The molecule has 3 atom stereocenters. The Morgan fingerprint density at radius 1 is 0.980 bits per heavy atom. The summed E-state index contributed by atoms with van der Waals surface area (Å²) in [6, 6.07) is 23.0. The Labute approximate surface area is 303 Å². The molecule has 2 N–H and O–H groups in total. The van der Waals surface area contributed by atoms with Crippen LogP contribution in [-0.2, 0) is 32.0 Å². The van der Waals surface area contributed by atoms with Gasteiger partial charge in [0.05, 0.1) is 46.2 Å². The molecule has 0 bridgehead atoms. The highest BCUT2D eigenvalue weighted by atomic mass is 28.3. The monoisotopic (exact) mass is 718 g/mol. The number of nitrogens with zero attached hydrogens (tertiary/aromatic N) is 1. The molecule has 3 aromatic rings. The van der Waals surface area contributed by atoms with Crippen LogP contribution < -0.4 is 14.8 Å². The van der Waals surface area contributed by atoms with Crippen LogP contribution in [0.3, 0.4) is 0 Å². The Kier molecular flexibility index (Phi) is 13.9. The van der Waals surface area contributed by atoms with Crippen LogP contribution in [0.1, 0.15) is 60.0 Å². The standard InChI is InChI=1S/C40H54N2O8Si/c1-46-35-14-6-5-10-31(35)27-47-22-9-23-49-32-18-16-29(17-19-32)33-20-21-42(40(44)45)26-36(33)50-37(28-48-24-25-51(2,3)4)34-13-7-11-30-12-8-15-38(43)41-39(30)34/h5-7,10-11,13-14,16-19,33,36-37H,8-9,12,15,20-28H2,1-4H3,(H,41,43)(H,44,45). The van der Waals surface area contributed by atoms with E-state index in [-0.39, 0.29) is 18.4 Å². The van der Waals surface area contributed by atoms with Gasteiger partial charge in [-0.1, -0.05) is 68.2 Å². The molecule has 51 heavy (non-hydrogen) atoms. The van der Waals surface area contributed by atoms with Gasteiger partial charge in [-0.15, -0.1) is 0 Å². The van der Waals surface area contributed by atoms with Gasteiger partial charge < -0.3 is 39.0 Å². The molecule has 11 heteroatoms. The third kappa shape index (κ3) is 11.3. The number of hydrogen-bond acceptors (Lipinski definition) is 7. The second-order valence-electron chi connectivity index (χ2n) is 14.6. The summed E-state index contributed by atoms with van der Waals surface area (Å²) in [4.78, 5) is 26.3. The SMILES string of the molecule is COc1ccccc1COCCCOc1ccc(C2CCN(C(=O)O)CC2OC(COCC[Si](C)(C)C)c2cccc3c2NC(=O)CCC3)cc1. The fourth-order valence-corrected chi connectivity index (χ4v) is 7.41. The van der Waals surface area contributed by atoms with Crippen LogP contribution in [0.2, 0.25) is 25.7 Å². The van der Waals surface area contributed by atoms with E-state index in [1.807, 2.05) is 48.5 Å². The van der Waals surface area contributed by atoms with Gasteiger partial charge in [0.15, 0.2) is 0 Å². The number of anilines is 1. The molecule has 0 aromatic heterocycles. The van der Waals surface area contributed by atoms with Crippen LogP contribution in [0, 0.1) is 0 Å². The molecular weight excluding hydrogens is 665 g/mol. The predicted molar refractivity (Wildman–Crippen MR) is 201 cm³/mol. The van der Waals surface area contributed by atoms with Gasteiger partial charge >= 0.3 is 6.09 Å². The number of ether oxygens (including phenoxy) is 5. The van der Waals surface area contributed by atoms with Crippen LogP contribution in [-0.4, -0.2) is 82.8 Å². The van der Waals surface area contributed by atoms with Crippen molar-refractivity contribution in [2.75, 3.05) is 51.9 Å². The Hall–Kier alpha value is -3.90. The summed E-state index contributed by atoms with van der Waals surface area (Å²) < 4.78 is 30.5. The first kappa shape index (κ1) is 38.3. The number of likely N-dealkylation sites (tertiary alicyclic amines) is 1. The third-order valence-electron chi connectivity index (χ3n) is 9.54.